The molecule has 2 unspecified atom stereocenters. The highest BCUT2D eigenvalue weighted by Crippen LogP contribution is 2.30. The minimum Gasteiger partial charge on any atom is -0.330 e. The SMILES string of the molecule is C/C=C\P[C@@H](C(C)C)C(C)N[C@H](C)CCCN. The maximum absolute atomic E-state index is 5.55. The highest BCUT2D eigenvalue weighted by atomic mass is 31.1. The van der Waals surface area contributed by atoms with E-state index in [1.807, 2.05) is 0 Å². The average Bonchev–Trinajstić information content (AvgIpc) is 2.26. The summed E-state index contributed by atoms with van der Waals surface area (Å²) in [6.07, 6.45) is 4.46. The average molecular weight is 258 g/mol. The molecule has 0 radical (unpaired) electrons. The summed E-state index contributed by atoms with van der Waals surface area (Å²) in [7, 11) is 0.918. The molecule has 3 heteroatoms. The molecule has 0 aliphatic heterocycles. The normalized spacial score (nSPS) is 18.3. The molecule has 0 aromatic rings. The largest absolute Gasteiger partial charge is 0.330 e. The van der Waals surface area contributed by atoms with Crippen LogP contribution in [-0.2, 0) is 0 Å². The van der Waals surface area contributed by atoms with E-state index >= 15 is 0 Å². The van der Waals surface area contributed by atoms with Gasteiger partial charge in [0.1, 0.15) is 0 Å². The van der Waals surface area contributed by atoms with Crippen molar-refractivity contribution in [2.45, 2.75) is 65.2 Å². The molecule has 0 fully saturated rings. The van der Waals surface area contributed by atoms with E-state index in [4.69, 9.17) is 5.73 Å². The Labute approximate surface area is 110 Å². The molecule has 0 rings (SSSR count). The van der Waals surface area contributed by atoms with Crippen LogP contribution in [0.4, 0.5) is 0 Å². The summed E-state index contributed by atoms with van der Waals surface area (Å²) in [6.45, 7) is 12.1. The van der Waals surface area contributed by atoms with Gasteiger partial charge in [0.25, 0.3) is 0 Å². The predicted molar refractivity (Wildman–Crippen MR) is 82.1 cm³/mol. The molecular weight excluding hydrogens is 227 g/mol. The highest BCUT2D eigenvalue weighted by molar-refractivity contribution is 7.42. The van der Waals surface area contributed by atoms with Crippen molar-refractivity contribution in [3.63, 3.8) is 0 Å². The Hall–Kier alpha value is 0.0900. The Balaban J connectivity index is 4.16. The van der Waals surface area contributed by atoms with Crippen molar-refractivity contribution in [2.24, 2.45) is 11.7 Å². The molecule has 0 saturated carbocycles. The second kappa shape index (κ2) is 10.1. The van der Waals surface area contributed by atoms with Gasteiger partial charge in [-0.3, -0.25) is 0 Å². The van der Waals surface area contributed by atoms with Crippen LogP contribution in [-0.4, -0.2) is 24.3 Å². The monoisotopic (exact) mass is 258 g/mol. The Morgan fingerprint density at radius 1 is 1.24 bits per heavy atom. The van der Waals surface area contributed by atoms with Gasteiger partial charge in [0.2, 0.25) is 0 Å². The van der Waals surface area contributed by atoms with E-state index in [1.165, 1.54) is 6.42 Å². The molecule has 0 aromatic heterocycles. The summed E-state index contributed by atoms with van der Waals surface area (Å²) in [4.78, 5) is 0. The van der Waals surface area contributed by atoms with E-state index in [0.29, 0.717) is 12.1 Å². The highest BCUT2D eigenvalue weighted by Gasteiger charge is 2.20. The molecule has 0 bridgehead atoms. The summed E-state index contributed by atoms with van der Waals surface area (Å²) >= 11 is 0. The van der Waals surface area contributed by atoms with Gasteiger partial charge in [-0.25, -0.2) is 0 Å². The molecule has 0 amide bonds. The number of hydrogen-bond donors (Lipinski definition) is 2. The van der Waals surface area contributed by atoms with E-state index in [0.717, 1.165) is 33.1 Å². The lowest BCUT2D eigenvalue weighted by atomic mass is 10.0. The van der Waals surface area contributed by atoms with Crippen molar-refractivity contribution in [3.05, 3.63) is 11.9 Å². The topological polar surface area (TPSA) is 38.0 Å². The van der Waals surface area contributed by atoms with Crippen LogP contribution in [0.1, 0.15) is 47.5 Å². The summed E-state index contributed by atoms with van der Waals surface area (Å²) in [5.41, 5.74) is 6.29. The van der Waals surface area contributed by atoms with Gasteiger partial charge in [0.05, 0.1) is 0 Å². The van der Waals surface area contributed by atoms with Crippen LogP contribution in [0.2, 0.25) is 0 Å². The van der Waals surface area contributed by atoms with Crippen LogP contribution in [0.3, 0.4) is 0 Å². The molecule has 3 N–H and O–H groups in total. The molecule has 0 aromatic carbocycles. The van der Waals surface area contributed by atoms with Gasteiger partial charge in [0, 0.05) is 12.1 Å². The first-order chi connectivity index (χ1) is 8.02. The van der Waals surface area contributed by atoms with Gasteiger partial charge in [-0.2, -0.15) is 0 Å². The van der Waals surface area contributed by atoms with Crippen LogP contribution >= 0.6 is 8.58 Å². The summed E-state index contributed by atoms with van der Waals surface area (Å²) < 4.78 is 0. The Morgan fingerprint density at radius 2 is 1.88 bits per heavy atom. The molecular formula is C14H31N2P. The summed E-state index contributed by atoms with van der Waals surface area (Å²) in [5.74, 6) is 3.04. The van der Waals surface area contributed by atoms with Crippen LogP contribution in [0.5, 0.6) is 0 Å². The minimum absolute atomic E-state index is 0.574. The molecule has 4 atom stereocenters. The van der Waals surface area contributed by atoms with Gasteiger partial charge >= 0.3 is 0 Å². The Morgan fingerprint density at radius 3 is 2.35 bits per heavy atom. The maximum Gasteiger partial charge on any atom is 0.0112 e. The third-order valence-electron chi connectivity index (χ3n) is 3.10. The van der Waals surface area contributed by atoms with E-state index in [-0.39, 0.29) is 0 Å². The van der Waals surface area contributed by atoms with Gasteiger partial charge < -0.3 is 11.1 Å². The predicted octanol–water partition coefficient (Wildman–Crippen LogP) is 3.33. The van der Waals surface area contributed by atoms with Gasteiger partial charge in [0.15, 0.2) is 0 Å². The fourth-order valence-electron chi connectivity index (χ4n) is 2.18. The second-order valence-electron chi connectivity index (χ2n) is 5.22. The molecule has 0 heterocycles. The molecule has 102 valence electrons. The maximum atomic E-state index is 5.55. The summed E-state index contributed by atoms with van der Waals surface area (Å²) in [6, 6.07) is 1.16. The standard InChI is InChI=1S/C14H31N2P/c1-6-10-17-14(11(2)3)13(5)16-12(4)8-7-9-15/h6,10-14,16-17H,7-9,15H2,1-5H3/b10-6-/t12-,13?,14+/m1/s1. The zero-order chi connectivity index (χ0) is 13.3. The lowest BCUT2D eigenvalue weighted by Gasteiger charge is -2.30. The Bertz CT molecular complexity index is 204. The van der Waals surface area contributed by atoms with Crippen molar-refractivity contribution in [1.82, 2.24) is 5.32 Å². The van der Waals surface area contributed by atoms with Crippen LogP contribution in [0.15, 0.2) is 11.9 Å². The zero-order valence-electron chi connectivity index (χ0n) is 12.2. The smallest absolute Gasteiger partial charge is 0.0112 e. The van der Waals surface area contributed by atoms with Crippen molar-refractivity contribution >= 4 is 8.58 Å². The number of hydrogen-bond acceptors (Lipinski definition) is 2. The number of allylic oxidation sites excluding steroid dienone is 1. The van der Waals surface area contributed by atoms with E-state index < -0.39 is 0 Å². The molecule has 0 aliphatic rings. The Kier molecular flexibility index (Phi) is 10.1. The first-order valence-corrected chi connectivity index (χ1v) is 8.01. The molecule has 0 saturated heterocycles. The molecule has 0 spiro atoms. The second-order valence-corrected chi connectivity index (χ2v) is 6.56. The van der Waals surface area contributed by atoms with Crippen molar-refractivity contribution in [2.75, 3.05) is 6.54 Å². The fraction of sp³-hybridized carbons (Fsp3) is 0.857. The lowest BCUT2D eigenvalue weighted by molar-refractivity contribution is 0.395. The molecule has 17 heavy (non-hydrogen) atoms. The van der Waals surface area contributed by atoms with Gasteiger partial charge in [-0.1, -0.05) is 34.3 Å². The first-order valence-electron chi connectivity index (χ1n) is 6.86. The quantitative estimate of drug-likeness (QED) is 0.623. The number of nitrogens with two attached hydrogens (primary N) is 1. The van der Waals surface area contributed by atoms with Crippen LogP contribution < -0.4 is 11.1 Å². The van der Waals surface area contributed by atoms with Crippen LogP contribution in [0, 0.1) is 5.92 Å². The number of rotatable bonds is 9. The number of nitrogens with one attached hydrogen (secondary N) is 1. The zero-order valence-corrected chi connectivity index (χ0v) is 13.2. The summed E-state index contributed by atoms with van der Waals surface area (Å²) in [5, 5.41) is 3.72. The van der Waals surface area contributed by atoms with E-state index in [2.05, 4.69) is 51.8 Å². The van der Waals surface area contributed by atoms with E-state index in [1.54, 1.807) is 0 Å². The van der Waals surface area contributed by atoms with Gasteiger partial charge in [-0.15, -0.1) is 0 Å². The fourth-order valence-corrected chi connectivity index (χ4v) is 3.37. The van der Waals surface area contributed by atoms with Crippen molar-refractivity contribution < 1.29 is 0 Å². The molecule has 0 aliphatic carbocycles. The van der Waals surface area contributed by atoms with E-state index in [9.17, 15) is 0 Å². The third-order valence-corrected chi connectivity index (χ3v) is 5.18. The minimum atomic E-state index is 0.574. The van der Waals surface area contributed by atoms with Crippen molar-refractivity contribution in [3.8, 4) is 0 Å². The lowest BCUT2D eigenvalue weighted by Crippen LogP contribution is -2.42. The first kappa shape index (κ1) is 17.1. The molecule has 2 nitrogen and oxygen atoms in total. The van der Waals surface area contributed by atoms with Gasteiger partial charge in [-0.05, 0) is 51.7 Å². The van der Waals surface area contributed by atoms with Crippen molar-refractivity contribution in [1.29, 1.82) is 0 Å². The van der Waals surface area contributed by atoms with Crippen LogP contribution in [0.25, 0.3) is 0 Å². The third kappa shape index (κ3) is 7.91.